The fraction of sp³-hybridized carbons (Fsp3) is 0.538. The van der Waals surface area contributed by atoms with Gasteiger partial charge in [-0.25, -0.2) is 0 Å². The smallest absolute Gasteiger partial charge is 0.127 e. The van der Waals surface area contributed by atoms with E-state index >= 15 is 0 Å². The molecule has 0 spiro atoms. The zero-order chi connectivity index (χ0) is 11.8. The lowest BCUT2D eigenvalue weighted by molar-refractivity contribution is -0.00738. The van der Waals surface area contributed by atoms with E-state index in [1.165, 1.54) is 0 Å². The molecule has 2 atom stereocenters. The molecule has 0 radical (unpaired) electrons. The Hall–Kier alpha value is -0.540. The fourth-order valence-corrected chi connectivity index (χ4v) is 2.72. The number of halogens is 1. The van der Waals surface area contributed by atoms with E-state index in [4.69, 9.17) is 4.74 Å². The minimum Gasteiger partial charge on any atom is -0.487 e. The minimum absolute atomic E-state index is 0.234. The fourth-order valence-electron chi connectivity index (χ4n) is 2.38. The van der Waals surface area contributed by atoms with E-state index in [2.05, 4.69) is 29.8 Å². The number of rotatable bonds is 2. The van der Waals surface area contributed by atoms with Crippen LogP contribution in [0.15, 0.2) is 22.7 Å². The van der Waals surface area contributed by atoms with E-state index in [-0.39, 0.29) is 5.60 Å². The molecular weight excluding hydrogens is 268 g/mol. The molecule has 1 aliphatic rings. The number of hydrogen-bond acceptors (Lipinski definition) is 2. The van der Waals surface area contributed by atoms with E-state index in [1.54, 1.807) is 0 Å². The van der Waals surface area contributed by atoms with Gasteiger partial charge in [0.05, 0.1) is 6.10 Å². The molecule has 1 aliphatic heterocycles. The third-order valence-corrected chi connectivity index (χ3v) is 3.59. The molecule has 0 aromatic heterocycles. The van der Waals surface area contributed by atoms with E-state index in [9.17, 15) is 5.11 Å². The Labute approximate surface area is 105 Å². The third kappa shape index (κ3) is 2.25. The summed E-state index contributed by atoms with van der Waals surface area (Å²) >= 11 is 3.43. The summed E-state index contributed by atoms with van der Waals surface area (Å²) in [6, 6.07) is 5.80. The highest BCUT2D eigenvalue weighted by Gasteiger charge is 2.35. The van der Waals surface area contributed by atoms with Gasteiger partial charge in [-0.2, -0.15) is 0 Å². The van der Waals surface area contributed by atoms with Crippen molar-refractivity contribution in [2.45, 2.75) is 44.8 Å². The highest BCUT2D eigenvalue weighted by Crippen LogP contribution is 2.42. The number of fused-ring (bicyclic) bond motifs is 1. The number of aliphatic hydroxyl groups excluding tert-OH is 1. The standard InChI is InChI=1S/C13H17BrO2/c1-3-6-13(2)8-11(15)10-5-4-9(14)7-12(10)16-13/h4-5,7,11,15H,3,6,8H2,1-2H3. The molecule has 0 fully saturated rings. The number of ether oxygens (including phenoxy) is 1. The minimum atomic E-state index is -0.409. The zero-order valence-corrected chi connectivity index (χ0v) is 11.3. The number of aliphatic hydroxyl groups is 1. The van der Waals surface area contributed by atoms with Gasteiger partial charge in [-0.15, -0.1) is 0 Å². The summed E-state index contributed by atoms with van der Waals surface area (Å²) in [5.74, 6) is 0.809. The second-order valence-corrected chi connectivity index (χ2v) is 5.62. The molecule has 2 rings (SSSR count). The summed E-state index contributed by atoms with van der Waals surface area (Å²) < 4.78 is 7.01. The van der Waals surface area contributed by atoms with Crippen LogP contribution in [-0.2, 0) is 0 Å². The zero-order valence-electron chi connectivity index (χ0n) is 9.66. The Bertz CT molecular complexity index is 392. The van der Waals surface area contributed by atoms with Gasteiger partial charge in [0.15, 0.2) is 0 Å². The van der Waals surface area contributed by atoms with Gasteiger partial charge in [0, 0.05) is 16.5 Å². The quantitative estimate of drug-likeness (QED) is 0.895. The summed E-state index contributed by atoms with van der Waals surface area (Å²) in [5.41, 5.74) is 0.666. The highest BCUT2D eigenvalue weighted by atomic mass is 79.9. The molecule has 0 aliphatic carbocycles. The Morgan fingerprint density at radius 1 is 1.56 bits per heavy atom. The van der Waals surface area contributed by atoms with E-state index in [0.29, 0.717) is 6.42 Å². The van der Waals surface area contributed by atoms with Crippen molar-refractivity contribution in [1.29, 1.82) is 0 Å². The normalized spacial score (nSPS) is 28.4. The van der Waals surface area contributed by atoms with Gasteiger partial charge < -0.3 is 9.84 Å². The number of benzene rings is 1. The van der Waals surface area contributed by atoms with E-state index < -0.39 is 6.10 Å². The summed E-state index contributed by atoms with van der Waals surface area (Å²) in [6.07, 6.45) is 2.30. The van der Waals surface area contributed by atoms with Crippen LogP contribution in [-0.4, -0.2) is 10.7 Å². The van der Waals surface area contributed by atoms with Crippen LogP contribution < -0.4 is 4.74 Å². The summed E-state index contributed by atoms with van der Waals surface area (Å²) in [7, 11) is 0. The molecule has 1 heterocycles. The Balaban J connectivity index is 2.34. The van der Waals surface area contributed by atoms with Crippen LogP contribution >= 0.6 is 15.9 Å². The molecule has 0 saturated carbocycles. The first-order chi connectivity index (χ1) is 7.54. The van der Waals surface area contributed by atoms with Crippen LogP contribution in [0.1, 0.15) is 44.8 Å². The first-order valence-corrected chi connectivity index (χ1v) is 6.50. The molecule has 0 saturated heterocycles. The SMILES string of the molecule is CCCC1(C)CC(O)c2ccc(Br)cc2O1. The average Bonchev–Trinajstić information content (AvgIpc) is 2.15. The maximum Gasteiger partial charge on any atom is 0.127 e. The van der Waals surface area contributed by atoms with Gasteiger partial charge in [0.1, 0.15) is 11.4 Å². The second kappa shape index (κ2) is 4.38. The van der Waals surface area contributed by atoms with Crippen LogP contribution in [0.2, 0.25) is 0 Å². The monoisotopic (exact) mass is 284 g/mol. The molecule has 1 aromatic carbocycles. The maximum absolute atomic E-state index is 10.1. The van der Waals surface area contributed by atoms with Gasteiger partial charge in [-0.3, -0.25) is 0 Å². The van der Waals surface area contributed by atoms with Crippen molar-refractivity contribution >= 4 is 15.9 Å². The lowest BCUT2D eigenvalue weighted by Gasteiger charge is -2.38. The van der Waals surface area contributed by atoms with Crippen molar-refractivity contribution in [2.24, 2.45) is 0 Å². The molecule has 0 amide bonds. The summed E-state index contributed by atoms with van der Waals surface area (Å²) in [5, 5.41) is 10.1. The first kappa shape index (κ1) is 11.9. The van der Waals surface area contributed by atoms with Crippen LogP contribution in [0.4, 0.5) is 0 Å². The summed E-state index contributed by atoms with van der Waals surface area (Å²) in [4.78, 5) is 0. The highest BCUT2D eigenvalue weighted by molar-refractivity contribution is 9.10. The van der Waals surface area contributed by atoms with E-state index in [1.807, 2.05) is 18.2 Å². The third-order valence-electron chi connectivity index (χ3n) is 3.09. The maximum atomic E-state index is 10.1. The lowest BCUT2D eigenvalue weighted by Crippen LogP contribution is -2.37. The Morgan fingerprint density at radius 2 is 2.31 bits per heavy atom. The number of hydrogen-bond donors (Lipinski definition) is 1. The van der Waals surface area contributed by atoms with Crippen LogP contribution in [0.25, 0.3) is 0 Å². The van der Waals surface area contributed by atoms with Gasteiger partial charge in [0.25, 0.3) is 0 Å². The first-order valence-electron chi connectivity index (χ1n) is 5.70. The van der Waals surface area contributed by atoms with Gasteiger partial charge in [0.2, 0.25) is 0 Å². The molecule has 3 heteroatoms. The second-order valence-electron chi connectivity index (χ2n) is 4.70. The Morgan fingerprint density at radius 3 is 3.00 bits per heavy atom. The van der Waals surface area contributed by atoms with Gasteiger partial charge in [-0.1, -0.05) is 35.3 Å². The predicted molar refractivity (Wildman–Crippen MR) is 67.7 cm³/mol. The van der Waals surface area contributed by atoms with Crippen molar-refractivity contribution in [3.63, 3.8) is 0 Å². The molecule has 88 valence electrons. The average molecular weight is 285 g/mol. The largest absolute Gasteiger partial charge is 0.487 e. The van der Waals surface area contributed by atoms with Crippen molar-refractivity contribution in [3.8, 4) is 5.75 Å². The molecular formula is C13H17BrO2. The molecule has 1 aromatic rings. The van der Waals surface area contributed by atoms with E-state index in [0.717, 1.165) is 28.6 Å². The van der Waals surface area contributed by atoms with Crippen LogP contribution in [0, 0.1) is 0 Å². The van der Waals surface area contributed by atoms with Crippen molar-refractivity contribution in [2.75, 3.05) is 0 Å². The van der Waals surface area contributed by atoms with Crippen LogP contribution in [0.5, 0.6) is 5.75 Å². The van der Waals surface area contributed by atoms with Crippen molar-refractivity contribution < 1.29 is 9.84 Å². The van der Waals surface area contributed by atoms with Gasteiger partial charge >= 0.3 is 0 Å². The van der Waals surface area contributed by atoms with Crippen molar-refractivity contribution in [3.05, 3.63) is 28.2 Å². The van der Waals surface area contributed by atoms with Gasteiger partial charge in [-0.05, 0) is 25.5 Å². The molecule has 0 bridgehead atoms. The Kier molecular flexibility index (Phi) is 3.27. The topological polar surface area (TPSA) is 29.5 Å². The summed E-state index contributed by atoms with van der Waals surface area (Å²) in [6.45, 7) is 4.21. The molecule has 2 unspecified atom stereocenters. The predicted octanol–water partition coefficient (Wildman–Crippen LogP) is 3.82. The molecule has 1 N–H and O–H groups in total. The molecule has 16 heavy (non-hydrogen) atoms. The van der Waals surface area contributed by atoms with Crippen LogP contribution in [0.3, 0.4) is 0 Å². The molecule has 2 nitrogen and oxygen atoms in total. The lowest BCUT2D eigenvalue weighted by atomic mass is 9.87. The van der Waals surface area contributed by atoms with Crippen molar-refractivity contribution in [1.82, 2.24) is 0 Å².